The van der Waals surface area contributed by atoms with Crippen LogP contribution in [-0.4, -0.2) is 25.3 Å². The van der Waals surface area contributed by atoms with Gasteiger partial charge in [-0.3, -0.25) is 0 Å². The average Bonchev–Trinajstić information content (AvgIpc) is 2.93. The third-order valence-electron chi connectivity index (χ3n) is 3.87. The Balaban J connectivity index is 2.18. The van der Waals surface area contributed by atoms with E-state index in [1.165, 1.54) is 4.68 Å². The molecule has 0 amide bonds. The van der Waals surface area contributed by atoms with Crippen molar-refractivity contribution < 1.29 is 0 Å². The zero-order valence-electron chi connectivity index (χ0n) is 12.2. The Kier molecular flexibility index (Phi) is 3.35. The van der Waals surface area contributed by atoms with Gasteiger partial charge in [0.05, 0.1) is 12.1 Å². The van der Waals surface area contributed by atoms with Crippen LogP contribution in [-0.2, 0) is 6.54 Å². The van der Waals surface area contributed by atoms with Gasteiger partial charge in [-0.25, -0.2) is 9.20 Å². The van der Waals surface area contributed by atoms with Crippen LogP contribution < -0.4 is 5.69 Å². The molecule has 0 N–H and O–H groups in total. The third kappa shape index (κ3) is 2.12. The molecule has 23 heavy (non-hydrogen) atoms. The molecule has 0 saturated heterocycles. The van der Waals surface area contributed by atoms with Crippen LogP contribution >= 0.6 is 11.6 Å². The molecule has 4 rings (SSSR count). The summed E-state index contributed by atoms with van der Waals surface area (Å²) >= 11 is 5.74. The molecule has 6 heteroatoms. The maximum atomic E-state index is 12.7. The van der Waals surface area contributed by atoms with Crippen molar-refractivity contribution in [3.8, 4) is 11.1 Å². The smallest absolute Gasteiger partial charge is 0.245 e. The van der Waals surface area contributed by atoms with Gasteiger partial charge in [-0.15, -0.1) is 16.7 Å². The monoisotopic (exact) mass is 324 g/mol. The molecule has 2 aromatic heterocycles. The molecule has 2 aromatic carbocycles. The second kappa shape index (κ2) is 5.52. The maximum absolute atomic E-state index is 12.7. The third-order valence-corrected chi connectivity index (χ3v) is 4.04. The predicted octanol–water partition coefficient (Wildman–Crippen LogP) is 2.95. The Morgan fingerprint density at radius 3 is 2.52 bits per heavy atom. The van der Waals surface area contributed by atoms with Crippen LogP contribution in [0.4, 0.5) is 0 Å². The molecule has 5 nitrogen and oxygen atoms in total. The highest BCUT2D eigenvalue weighted by Crippen LogP contribution is 2.32. The molecule has 0 bridgehead atoms. The standard InChI is InChI=1S/C17H13ClN4O/c18-10-11-21-17(23)22-14-9-5-4-8-13(14)15(16(22)19-20-21)12-6-2-1-3-7-12/h1-9H,10-11H2. The zero-order chi connectivity index (χ0) is 15.8. The molecule has 0 saturated carbocycles. The average molecular weight is 325 g/mol. The molecule has 0 unspecified atom stereocenters. The molecule has 0 aliphatic rings. The lowest BCUT2D eigenvalue weighted by molar-refractivity contribution is 0.550. The van der Waals surface area contributed by atoms with Crippen molar-refractivity contribution in [2.75, 3.05) is 5.88 Å². The fraction of sp³-hybridized carbons (Fsp3) is 0.118. The van der Waals surface area contributed by atoms with E-state index in [-0.39, 0.29) is 5.69 Å². The second-order valence-corrected chi connectivity index (χ2v) is 5.58. The number of nitrogens with zero attached hydrogens (tertiary/aromatic N) is 4. The number of alkyl halides is 1. The predicted molar refractivity (Wildman–Crippen MR) is 90.9 cm³/mol. The number of aromatic nitrogens is 4. The Bertz CT molecular complexity index is 1050. The van der Waals surface area contributed by atoms with Gasteiger partial charge in [0.15, 0.2) is 5.65 Å². The maximum Gasteiger partial charge on any atom is 0.352 e. The molecule has 114 valence electrons. The lowest BCUT2D eigenvalue weighted by Crippen LogP contribution is -2.30. The number of fused-ring (bicyclic) bond motifs is 3. The normalized spacial score (nSPS) is 11.3. The Morgan fingerprint density at radius 2 is 1.74 bits per heavy atom. The topological polar surface area (TPSA) is 52.2 Å². The van der Waals surface area contributed by atoms with Crippen LogP contribution in [0.15, 0.2) is 59.4 Å². The first-order valence-electron chi connectivity index (χ1n) is 7.29. The van der Waals surface area contributed by atoms with E-state index in [0.29, 0.717) is 18.1 Å². The summed E-state index contributed by atoms with van der Waals surface area (Å²) in [5.74, 6) is 0.310. The van der Waals surface area contributed by atoms with Crippen LogP contribution in [0.3, 0.4) is 0 Å². The Labute approximate surface area is 136 Å². The van der Waals surface area contributed by atoms with E-state index < -0.39 is 0 Å². The molecule has 0 atom stereocenters. The zero-order valence-corrected chi connectivity index (χ0v) is 12.9. The Hall–Kier alpha value is -2.66. The minimum atomic E-state index is -0.228. The highest BCUT2D eigenvalue weighted by atomic mass is 35.5. The van der Waals surface area contributed by atoms with Gasteiger partial charge in [0.1, 0.15) is 0 Å². The largest absolute Gasteiger partial charge is 0.352 e. The van der Waals surface area contributed by atoms with Gasteiger partial charge in [-0.1, -0.05) is 53.7 Å². The lowest BCUT2D eigenvalue weighted by atomic mass is 10.0. The number of halogens is 1. The number of hydrogen-bond donors (Lipinski definition) is 0. The van der Waals surface area contributed by atoms with Crippen molar-refractivity contribution in [3.05, 3.63) is 65.1 Å². The molecule has 0 aliphatic carbocycles. The van der Waals surface area contributed by atoms with E-state index in [1.807, 2.05) is 54.6 Å². The van der Waals surface area contributed by atoms with E-state index in [2.05, 4.69) is 10.3 Å². The van der Waals surface area contributed by atoms with Crippen molar-refractivity contribution in [2.45, 2.75) is 6.54 Å². The van der Waals surface area contributed by atoms with Crippen molar-refractivity contribution in [2.24, 2.45) is 0 Å². The lowest BCUT2D eigenvalue weighted by Gasteiger charge is -2.03. The minimum Gasteiger partial charge on any atom is -0.245 e. The number of aryl methyl sites for hydroxylation is 1. The summed E-state index contributed by atoms with van der Waals surface area (Å²) in [4.78, 5) is 12.7. The first kappa shape index (κ1) is 14.0. The first-order chi connectivity index (χ1) is 11.3. The molecule has 0 aliphatic heterocycles. The summed E-state index contributed by atoms with van der Waals surface area (Å²) in [6, 6.07) is 17.7. The van der Waals surface area contributed by atoms with Gasteiger partial charge < -0.3 is 0 Å². The van der Waals surface area contributed by atoms with Gasteiger partial charge in [-0.2, -0.15) is 4.68 Å². The number of hydrogen-bond acceptors (Lipinski definition) is 3. The van der Waals surface area contributed by atoms with Crippen LogP contribution in [0.2, 0.25) is 0 Å². The van der Waals surface area contributed by atoms with Crippen molar-refractivity contribution in [3.63, 3.8) is 0 Å². The fourth-order valence-corrected chi connectivity index (χ4v) is 3.03. The first-order valence-corrected chi connectivity index (χ1v) is 7.83. The molecule has 0 radical (unpaired) electrons. The molecule has 0 fully saturated rings. The van der Waals surface area contributed by atoms with Gasteiger partial charge >= 0.3 is 5.69 Å². The van der Waals surface area contributed by atoms with Gasteiger partial charge in [0.25, 0.3) is 0 Å². The fourth-order valence-electron chi connectivity index (χ4n) is 2.87. The summed E-state index contributed by atoms with van der Waals surface area (Å²) < 4.78 is 2.90. The van der Waals surface area contributed by atoms with Gasteiger partial charge in [-0.05, 0) is 11.6 Å². The molecule has 0 spiro atoms. The summed E-state index contributed by atoms with van der Waals surface area (Å²) in [5, 5.41) is 9.30. The van der Waals surface area contributed by atoms with Gasteiger partial charge in [0.2, 0.25) is 0 Å². The van der Waals surface area contributed by atoms with Crippen LogP contribution in [0.5, 0.6) is 0 Å². The second-order valence-electron chi connectivity index (χ2n) is 5.20. The quantitative estimate of drug-likeness (QED) is 0.544. The van der Waals surface area contributed by atoms with E-state index >= 15 is 0 Å². The summed E-state index contributed by atoms with van der Waals surface area (Å²) in [5.41, 5.74) is 3.09. The highest BCUT2D eigenvalue weighted by molar-refractivity contribution is 6.17. The van der Waals surface area contributed by atoms with E-state index in [1.54, 1.807) is 4.40 Å². The molecule has 2 heterocycles. The minimum absolute atomic E-state index is 0.228. The van der Waals surface area contributed by atoms with Gasteiger partial charge in [0, 0.05) is 16.8 Å². The van der Waals surface area contributed by atoms with E-state index in [4.69, 9.17) is 11.6 Å². The van der Waals surface area contributed by atoms with Crippen molar-refractivity contribution in [1.29, 1.82) is 0 Å². The highest BCUT2D eigenvalue weighted by Gasteiger charge is 2.17. The van der Waals surface area contributed by atoms with E-state index in [0.717, 1.165) is 22.0 Å². The van der Waals surface area contributed by atoms with Crippen molar-refractivity contribution >= 4 is 28.2 Å². The number of rotatable bonds is 3. The molecule has 4 aromatic rings. The van der Waals surface area contributed by atoms with E-state index in [9.17, 15) is 4.79 Å². The van der Waals surface area contributed by atoms with Crippen LogP contribution in [0.25, 0.3) is 27.7 Å². The molecular weight excluding hydrogens is 312 g/mol. The number of benzene rings is 2. The summed E-state index contributed by atoms with van der Waals surface area (Å²) in [6.45, 7) is 0.330. The van der Waals surface area contributed by atoms with Crippen LogP contribution in [0, 0.1) is 0 Å². The Morgan fingerprint density at radius 1 is 1.00 bits per heavy atom. The number of para-hydroxylation sites is 1. The summed E-state index contributed by atoms with van der Waals surface area (Å²) in [7, 11) is 0. The van der Waals surface area contributed by atoms with Crippen molar-refractivity contribution in [1.82, 2.24) is 19.4 Å². The SMILES string of the molecule is O=c1n(CCCl)nnc2c(-c3ccccc3)c3ccccc3n12. The van der Waals surface area contributed by atoms with Crippen LogP contribution in [0.1, 0.15) is 0 Å². The summed E-state index contributed by atoms with van der Waals surface area (Å²) in [6.07, 6.45) is 0. The molecular formula is C17H13ClN4O.